The molecule has 8 nitrogen and oxygen atoms in total. The van der Waals surface area contributed by atoms with Crippen LogP contribution in [0, 0.1) is 11.8 Å². The molecule has 2 N–H and O–H groups in total. The van der Waals surface area contributed by atoms with Crippen molar-refractivity contribution in [3.63, 3.8) is 0 Å². The molecular formula is C27H32N4O4. The number of pyridine rings is 1. The summed E-state index contributed by atoms with van der Waals surface area (Å²) in [7, 11) is 0. The number of aliphatic hydroxyl groups excluding tert-OH is 1. The van der Waals surface area contributed by atoms with Crippen LogP contribution in [0.3, 0.4) is 0 Å². The number of hydrogen-bond acceptors (Lipinski definition) is 5. The average Bonchev–Trinajstić information content (AvgIpc) is 3.29. The quantitative estimate of drug-likeness (QED) is 0.512. The van der Waals surface area contributed by atoms with Gasteiger partial charge in [-0.15, -0.1) is 5.10 Å². The summed E-state index contributed by atoms with van der Waals surface area (Å²) in [6, 6.07) is 10.9. The highest BCUT2D eigenvalue weighted by atomic mass is 16.4. The first-order valence-electron chi connectivity index (χ1n) is 12.1. The van der Waals surface area contributed by atoms with Crippen LogP contribution in [-0.2, 0) is 11.4 Å². The molecule has 1 aromatic carbocycles. The number of carboxylic acids is 1. The summed E-state index contributed by atoms with van der Waals surface area (Å²) in [6.45, 7) is 5.87. The van der Waals surface area contributed by atoms with E-state index in [2.05, 4.69) is 17.0 Å². The van der Waals surface area contributed by atoms with Crippen molar-refractivity contribution in [1.82, 2.24) is 14.8 Å². The van der Waals surface area contributed by atoms with Gasteiger partial charge in [0.1, 0.15) is 5.56 Å². The smallest absolute Gasteiger partial charge is 0.341 e. The van der Waals surface area contributed by atoms with Gasteiger partial charge in [-0.25, -0.2) is 9.48 Å². The molecule has 0 saturated heterocycles. The monoisotopic (exact) mass is 476 g/mol. The lowest BCUT2D eigenvalue weighted by Crippen LogP contribution is -2.43. The fourth-order valence-corrected chi connectivity index (χ4v) is 4.63. The zero-order valence-corrected chi connectivity index (χ0v) is 20.4. The minimum absolute atomic E-state index is 0.00379. The van der Waals surface area contributed by atoms with Crippen LogP contribution < -0.4 is 4.90 Å². The van der Waals surface area contributed by atoms with E-state index in [0.29, 0.717) is 17.3 Å². The third kappa shape index (κ3) is 5.27. The van der Waals surface area contributed by atoms with E-state index in [1.807, 2.05) is 44.2 Å². The minimum atomic E-state index is -1.12. The number of aromatic carboxylic acids is 1. The van der Waals surface area contributed by atoms with Gasteiger partial charge < -0.3 is 10.2 Å². The highest BCUT2D eigenvalue weighted by Gasteiger charge is 2.34. The standard InChI is InChI=1S/C27H32N4O4/c1-17(2)31(26(33)20-6-4-18(3)5-7-20)25-24(27(34)35)15-30(29-25)23-12-9-19(10-13-23)21-8-11-22(16-32)28-14-21/h8-15,17-18,20,32H,4-7,16H2,1-3H3,(H,34,35). The molecule has 35 heavy (non-hydrogen) atoms. The first-order chi connectivity index (χ1) is 16.8. The number of carboxylic acid groups (broad SMARTS) is 1. The van der Waals surface area contributed by atoms with E-state index in [1.165, 1.54) is 10.9 Å². The van der Waals surface area contributed by atoms with Crippen LogP contribution in [0.15, 0.2) is 48.8 Å². The number of rotatable bonds is 7. The van der Waals surface area contributed by atoms with Crippen LogP contribution in [-0.4, -0.2) is 42.9 Å². The third-order valence-corrected chi connectivity index (χ3v) is 6.72. The first-order valence-corrected chi connectivity index (χ1v) is 12.1. The fourth-order valence-electron chi connectivity index (χ4n) is 4.63. The highest BCUT2D eigenvalue weighted by molar-refractivity contribution is 6.01. The Morgan fingerprint density at radius 3 is 2.26 bits per heavy atom. The van der Waals surface area contributed by atoms with Crippen LogP contribution in [0.25, 0.3) is 16.8 Å². The summed E-state index contributed by atoms with van der Waals surface area (Å²) < 4.78 is 1.52. The van der Waals surface area contributed by atoms with Gasteiger partial charge in [0.15, 0.2) is 5.82 Å². The van der Waals surface area contributed by atoms with E-state index >= 15 is 0 Å². The lowest BCUT2D eigenvalue weighted by molar-refractivity contribution is -0.124. The number of anilines is 1. The van der Waals surface area contributed by atoms with Crippen molar-refractivity contribution >= 4 is 17.7 Å². The van der Waals surface area contributed by atoms with Crippen molar-refractivity contribution in [2.45, 2.75) is 59.1 Å². The Kier molecular flexibility index (Phi) is 7.31. The molecule has 0 bridgehead atoms. The highest BCUT2D eigenvalue weighted by Crippen LogP contribution is 2.33. The molecule has 0 spiro atoms. The Balaban J connectivity index is 1.64. The van der Waals surface area contributed by atoms with E-state index < -0.39 is 5.97 Å². The van der Waals surface area contributed by atoms with Gasteiger partial charge in [0.25, 0.3) is 0 Å². The number of aliphatic hydroxyl groups is 1. The van der Waals surface area contributed by atoms with E-state index in [9.17, 15) is 19.8 Å². The van der Waals surface area contributed by atoms with E-state index in [-0.39, 0.29) is 35.9 Å². The lowest BCUT2D eigenvalue weighted by Gasteiger charge is -2.32. The Bertz CT molecular complexity index is 1180. The Hall–Kier alpha value is -3.52. The summed E-state index contributed by atoms with van der Waals surface area (Å²) in [5.74, 6) is -0.469. The van der Waals surface area contributed by atoms with Crippen molar-refractivity contribution in [2.75, 3.05) is 4.90 Å². The first kappa shape index (κ1) is 24.6. The topological polar surface area (TPSA) is 109 Å². The molecule has 2 aromatic heterocycles. The second-order valence-electron chi connectivity index (χ2n) is 9.62. The van der Waals surface area contributed by atoms with Crippen LogP contribution >= 0.6 is 0 Å². The second-order valence-corrected chi connectivity index (χ2v) is 9.62. The molecule has 1 fully saturated rings. The van der Waals surface area contributed by atoms with Crippen molar-refractivity contribution in [1.29, 1.82) is 0 Å². The van der Waals surface area contributed by atoms with Gasteiger partial charge in [-0.05, 0) is 69.2 Å². The van der Waals surface area contributed by atoms with Crippen LogP contribution in [0.2, 0.25) is 0 Å². The Morgan fingerprint density at radius 1 is 1.06 bits per heavy atom. The van der Waals surface area contributed by atoms with E-state index in [1.54, 1.807) is 17.2 Å². The number of hydrogen-bond donors (Lipinski definition) is 2. The molecule has 8 heteroatoms. The van der Waals surface area contributed by atoms with Gasteiger partial charge in [-0.3, -0.25) is 14.7 Å². The largest absolute Gasteiger partial charge is 0.477 e. The molecular weight excluding hydrogens is 444 g/mol. The van der Waals surface area contributed by atoms with Crippen molar-refractivity contribution in [3.05, 3.63) is 60.0 Å². The SMILES string of the molecule is CC1CCC(C(=O)N(c2nn(-c3ccc(-c4ccc(CO)nc4)cc3)cc2C(=O)O)C(C)C)CC1. The summed E-state index contributed by atoms with van der Waals surface area (Å²) in [5.41, 5.74) is 3.12. The predicted molar refractivity (Wildman–Crippen MR) is 133 cm³/mol. The normalized spacial score (nSPS) is 18.0. The molecule has 3 aromatic rings. The van der Waals surface area contributed by atoms with Crippen molar-refractivity contribution in [3.8, 4) is 16.8 Å². The molecule has 0 unspecified atom stereocenters. The molecule has 0 atom stereocenters. The minimum Gasteiger partial charge on any atom is -0.477 e. The molecule has 2 heterocycles. The average molecular weight is 477 g/mol. The van der Waals surface area contributed by atoms with Gasteiger partial charge in [0, 0.05) is 29.9 Å². The van der Waals surface area contributed by atoms with Gasteiger partial charge in [-0.2, -0.15) is 0 Å². The zero-order valence-electron chi connectivity index (χ0n) is 20.4. The molecule has 4 rings (SSSR count). The van der Waals surface area contributed by atoms with Crippen molar-refractivity contribution < 1.29 is 19.8 Å². The maximum Gasteiger partial charge on any atom is 0.341 e. The number of aromatic nitrogens is 3. The van der Waals surface area contributed by atoms with Crippen LogP contribution in [0.1, 0.15) is 62.5 Å². The second kappa shape index (κ2) is 10.4. The molecule has 0 aliphatic heterocycles. The van der Waals surface area contributed by atoms with Crippen LogP contribution in [0.5, 0.6) is 0 Å². The molecule has 1 saturated carbocycles. The Morgan fingerprint density at radius 2 is 1.71 bits per heavy atom. The number of nitrogens with zero attached hydrogens (tertiary/aromatic N) is 4. The number of carbonyl (C=O) groups is 2. The maximum absolute atomic E-state index is 13.5. The summed E-state index contributed by atoms with van der Waals surface area (Å²) >= 11 is 0. The van der Waals surface area contributed by atoms with E-state index in [0.717, 1.165) is 36.8 Å². The van der Waals surface area contributed by atoms with Crippen LogP contribution in [0.4, 0.5) is 5.82 Å². The molecule has 1 aliphatic rings. The zero-order chi connectivity index (χ0) is 25.1. The van der Waals surface area contributed by atoms with Gasteiger partial charge in [0.2, 0.25) is 5.91 Å². The van der Waals surface area contributed by atoms with Gasteiger partial charge in [0.05, 0.1) is 18.0 Å². The van der Waals surface area contributed by atoms with Gasteiger partial charge >= 0.3 is 5.97 Å². The van der Waals surface area contributed by atoms with Gasteiger partial charge in [-0.1, -0.05) is 25.1 Å². The fraction of sp³-hybridized carbons (Fsp3) is 0.407. The summed E-state index contributed by atoms with van der Waals surface area (Å²) in [4.78, 5) is 31.4. The Labute approximate surface area is 205 Å². The lowest BCUT2D eigenvalue weighted by atomic mass is 9.82. The molecule has 1 aliphatic carbocycles. The number of carbonyl (C=O) groups excluding carboxylic acids is 1. The summed E-state index contributed by atoms with van der Waals surface area (Å²) in [6.07, 6.45) is 6.83. The molecule has 184 valence electrons. The summed E-state index contributed by atoms with van der Waals surface area (Å²) in [5, 5.41) is 23.7. The number of benzene rings is 1. The number of amides is 1. The van der Waals surface area contributed by atoms with Crippen molar-refractivity contribution in [2.24, 2.45) is 11.8 Å². The van der Waals surface area contributed by atoms with E-state index in [4.69, 9.17) is 0 Å². The molecule has 0 radical (unpaired) electrons. The predicted octanol–water partition coefficient (Wildman–Crippen LogP) is 4.69. The maximum atomic E-state index is 13.5. The third-order valence-electron chi connectivity index (χ3n) is 6.72. The molecule has 1 amide bonds.